The fraction of sp³-hybridized carbons (Fsp3) is 0.371. The van der Waals surface area contributed by atoms with E-state index in [1.165, 1.54) is 37.1 Å². The van der Waals surface area contributed by atoms with Crippen LogP contribution in [0.2, 0.25) is 0 Å². The van der Waals surface area contributed by atoms with Crippen LogP contribution in [0.3, 0.4) is 0 Å². The van der Waals surface area contributed by atoms with Crippen LogP contribution in [0, 0.1) is 17.0 Å². The van der Waals surface area contributed by atoms with Crippen molar-refractivity contribution < 1.29 is 59.3 Å². The Morgan fingerprint density at radius 1 is 0.980 bits per heavy atom. The normalized spacial score (nSPS) is 19.7. The van der Waals surface area contributed by atoms with Crippen LogP contribution in [0.15, 0.2) is 54.1 Å². The van der Waals surface area contributed by atoms with Gasteiger partial charge >= 0.3 is 18.4 Å². The van der Waals surface area contributed by atoms with Gasteiger partial charge in [0, 0.05) is 17.7 Å². The van der Waals surface area contributed by atoms with E-state index < -0.39 is 76.0 Å². The Morgan fingerprint density at radius 3 is 2.10 bits per heavy atom. The molecule has 5 rings (SSSR count). The number of methoxy groups -OCH3 is 1. The van der Waals surface area contributed by atoms with E-state index >= 15 is 8.78 Å². The van der Waals surface area contributed by atoms with Crippen molar-refractivity contribution in [2.24, 2.45) is 5.41 Å². The number of carbonyl (C=O) groups is 2. The van der Waals surface area contributed by atoms with Crippen LogP contribution in [0.5, 0.6) is 5.75 Å². The number of amides is 1. The third-order valence-electron chi connectivity index (χ3n) is 8.95. The highest BCUT2D eigenvalue weighted by molar-refractivity contribution is 5.87. The van der Waals surface area contributed by atoms with Crippen molar-refractivity contribution in [1.29, 1.82) is 0 Å². The van der Waals surface area contributed by atoms with Crippen molar-refractivity contribution >= 4 is 17.6 Å². The minimum absolute atomic E-state index is 0.000863. The zero-order chi connectivity index (χ0) is 36.2. The first-order valence-corrected chi connectivity index (χ1v) is 15.1. The molecule has 3 aromatic carbocycles. The second-order valence-electron chi connectivity index (χ2n) is 13.0. The van der Waals surface area contributed by atoms with E-state index in [0.29, 0.717) is 66.0 Å². The number of aromatic carboxylic acids is 1. The maximum Gasteiger partial charge on any atom is 0.416 e. The van der Waals surface area contributed by atoms with Crippen molar-refractivity contribution in [1.82, 2.24) is 4.90 Å². The first kappa shape index (κ1) is 35.7. The number of benzene rings is 3. The Balaban J connectivity index is 1.57. The van der Waals surface area contributed by atoms with Crippen molar-refractivity contribution in [3.63, 3.8) is 0 Å². The third-order valence-corrected chi connectivity index (χ3v) is 8.95. The molecule has 262 valence electrons. The summed E-state index contributed by atoms with van der Waals surface area (Å²) < 4.78 is 123. The first-order chi connectivity index (χ1) is 22.7. The summed E-state index contributed by atoms with van der Waals surface area (Å²) >= 11 is 0. The molecular formula is C35H30F8NO5-. The Bertz CT molecular complexity index is 1790. The largest absolute Gasteiger partial charge is 0.545 e. The predicted octanol–water partition coefficient (Wildman–Crippen LogP) is 8.59. The van der Waals surface area contributed by atoms with Gasteiger partial charge in [0.15, 0.2) is 0 Å². The second-order valence-corrected chi connectivity index (χ2v) is 13.0. The number of alkyl halides is 6. The van der Waals surface area contributed by atoms with Crippen molar-refractivity contribution in [2.45, 2.75) is 64.5 Å². The summed E-state index contributed by atoms with van der Waals surface area (Å²) in [6, 6.07) is 5.72. The quantitative estimate of drug-likeness (QED) is 0.231. The van der Waals surface area contributed by atoms with Gasteiger partial charge in [-0.2, -0.15) is 26.3 Å². The Labute approximate surface area is 275 Å². The summed E-state index contributed by atoms with van der Waals surface area (Å²) in [5.74, 6) is -3.72. The van der Waals surface area contributed by atoms with Crippen LogP contribution in [-0.2, 0) is 17.1 Å². The molecule has 1 aliphatic carbocycles. The molecule has 0 bridgehead atoms. The van der Waals surface area contributed by atoms with Crippen LogP contribution in [0.1, 0.15) is 78.7 Å². The second kappa shape index (κ2) is 12.7. The summed E-state index contributed by atoms with van der Waals surface area (Å²) in [4.78, 5) is 25.6. The molecule has 49 heavy (non-hydrogen) atoms. The number of rotatable bonds is 7. The van der Waals surface area contributed by atoms with Crippen molar-refractivity contribution in [2.75, 3.05) is 13.7 Å². The number of allylic oxidation sites excluding steroid dienone is 1. The van der Waals surface area contributed by atoms with Gasteiger partial charge in [-0.25, -0.2) is 13.6 Å². The lowest BCUT2D eigenvalue weighted by atomic mass is 9.72. The van der Waals surface area contributed by atoms with Crippen LogP contribution in [-0.4, -0.2) is 36.7 Å². The van der Waals surface area contributed by atoms with Gasteiger partial charge in [0.25, 0.3) is 0 Å². The number of carboxylic acid groups (broad SMARTS) is 1. The molecule has 2 aliphatic rings. The van der Waals surface area contributed by atoms with Crippen LogP contribution in [0.4, 0.5) is 39.9 Å². The van der Waals surface area contributed by atoms with Gasteiger partial charge < -0.3 is 19.4 Å². The minimum Gasteiger partial charge on any atom is -0.545 e. The van der Waals surface area contributed by atoms with Crippen LogP contribution >= 0.6 is 0 Å². The molecule has 0 unspecified atom stereocenters. The number of hydrogen-bond acceptors (Lipinski definition) is 5. The van der Waals surface area contributed by atoms with Gasteiger partial charge in [-0.05, 0) is 96.3 Å². The van der Waals surface area contributed by atoms with Gasteiger partial charge in [-0.3, -0.25) is 4.90 Å². The van der Waals surface area contributed by atoms with Gasteiger partial charge in [-0.15, -0.1) is 0 Å². The fourth-order valence-corrected chi connectivity index (χ4v) is 6.46. The molecule has 6 nitrogen and oxygen atoms in total. The number of carboxylic acids is 1. The third kappa shape index (κ3) is 7.23. The highest BCUT2D eigenvalue weighted by Gasteiger charge is 2.44. The monoisotopic (exact) mass is 696 g/mol. The summed E-state index contributed by atoms with van der Waals surface area (Å²) in [5, 5.41) is 11.2. The highest BCUT2D eigenvalue weighted by Crippen LogP contribution is 2.47. The molecule has 2 atom stereocenters. The number of cyclic esters (lactones) is 1. The van der Waals surface area contributed by atoms with Crippen molar-refractivity contribution in [3.05, 3.63) is 93.6 Å². The molecule has 1 saturated heterocycles. The minimum atomic E-state index is -5.09. The van der Waals surface area contributed by atoms with E-state index in [2.05, 4.69) is 0 Å². The van der Waals surface area contributed by atoms with E-state index in [9.17, 15) is 41.0 Å². The lowest BCUT2D eigenvalue weighted by molar-refractivity contribution is -0.255. The average Bonchev–Trinajstić information content (AvgIpc) is 3.27. The number of nitrogens with zero attached hydrogens (tertiary/aromatic N) is 1. The Morgan fingerprint density at radius 2 is 1.57 bits per heavy atom. The van der Waals surface area contributed by atoms with Gasteiger partial charge in [0.2, 0.25) is 0 Å². The van der Waals surface area contributed by atoms with E-state index in [1.54, 1.807) is 0 Å². The van der Waals surface area contributed by atoms with E-state index in [4.69, 9.17) is 9.47 Å². The van der Waals surface area contributed by atoms with Gasteiger partial charge in [0.05, 0.1) is 35.8 Å². The summed E-state index contributed by atoms with van der Waals surface area (Å²) in [5.41, 5.74) is -3.19. The zero-order valence-electron chi connectivity index (χ0n) is 26.6. The first-order valence-electron chi connectivity index (χ1n) is 15.1. The molecule has 1 aliphatic heterocycles. The van der Waals surface area contributed by atoms with E-state index in [-0.39, 0.29) is 23.6 Å². The number of ether oxygens (including phenoxy) is 2. The standard InChI is InChI=1S/C35H31F8NO5/c1-17-30(19-9-22(34(38,39)40)14-23(10-19)35(41,42)43)49-32(47)44(17)16-21-15-33(2,3)8-7-24(21)25-11-18(5-6-28(25)48-4)29-26(36)12-20(31(45)46)13-27(29)37/h5-6,9-14,17,30H,7-8,15-16H2,1-4H3,(H,45,46)/p-1/t17-,30-/m0/s1. The maximum atomic E-state index is 15.0. The predicted molar refractivity (Wildman–Crippen MR) is 159 cm³/mol. The van der Waals surface area contributed by atoms with E-state index in [1.807, 2.05) is 13.8 Å². The molecule has 1 heterocycles. The number of halogens is 8. The Hall–Kier alpha value is -4.62. The smallest absolute Gasteiger partial charge is 0.416 e. The molecular weight excluding hydrogens is 666 g/mol. The lowest BCUT2D eigenvalue weighted by Gasteiger charge is -2.36. The SMILES string of the molecule is COc1ccc(-c2c(F)cc(C(=O)[O-])cc2F)cc1C1=C(CN2C(=O)O[C@H](c3cc(C(F)(F)F)cc(C(F)(F)F)c3)[C@@H]2C)CC(C)(C)CC1. The highest BCUT2D eigenvalue weighted by atomic mass is 19.4. The van der Waals surface area contributed by atoms with E-state index in [0.717, 1.165) is 0 Å². The zero-order valence-corrected chi connectivity index (χ0v) is 26.6. The molecule has 0 aromatic heterocycles. The molecule has 1 fully saturated rings. The molecule has 1 amide bonds. The Kier molecular flexibility index (Phi) is 9.24. The summed E-state index contributed by atoms with van der Waals surface area (Å²) in [7, 11) is 1.39. The van der Waals surface area contributed by atoms with Gasteiger partial charge in [0.1, 0.15) is 23.5 Å². The molecule has 14 heteroatoms. The summed E-state index contributed by atoms with van der Waals surface area (Å²) in [6.45, 7) is 5.31. The average molecular weight is 697 g/mol. The molecule has 0 saturated carbocycles. The fourth-order valence-electron chi connectivity index (χ4n) is 6.46. The number of hydrogen-bond donors (Lipinski definition) is 0. The van der Waals surface area contributed by atoms with Gasteiger partial charge in [-0.1, -0.05) is 19.9 Å². The maximum absolute atomic E-state index is 15.0. The van der Waals surface area contributed by atoms with Crippen molar-refractivity contribution in [3.8, 4) is 16.9 Å². The molecule has 3 aromatic rings. The summed E-state index contributed by atoms with van der Waals surface area (Å²) in [6.07, 6.45) is -11.1. The molecule has 0 N–H and O–H groups in total. The van der Waals surface area contributed by atoms with Crippen LogP contribution in [0.25, 0.3) is 16.7 Å². The molecule has 0 radical (unpaired) electrons. The van der Waals surface area contributed by atoms with Crippen LogP contribution < -0.4 is 9.84 Å². The molecule has 0 spiro atoms. The lowest BCUT2D eigenvalue weighted by Crippen LogP contribution is -2.35. The number of carbonyl (C=O) groups excluding carboxylic acids is 2. The topological polar surface area (TPSA) is 78.9 Å².